The lowest BCUT2D eigenvalue weighted by atomic mass is 10.3. The van der Waals surface area contributed by atoms with Gasteiger partial charge in [-0.05, 0) is 23.3 Å². The number of alkyl halides is 6. The molecule has 0 aliphatic carbocycles. The summed E-state index contributed by atoms with van der Waals surface area (Å²) in [4.78, 5) is 15.1. The molecule has 1 atom stereocenters. The first kappa shape index (κ1) is 20.8. The topological polar surface area (TPSA) is 55.7 Å². The quantitative estimate of drug-likeness (QED) is 0.550. The van der Waals surface area contributed by atoms with Crippen molar-refractivity contribution in [2.75, 3.05) is 18.1 Å². The number of hydrogen-bond acceptors (Lipinski definition) is 4. The molecule has 1 amide bonds. The van der Waals surface area contributed by atoms with Gasteiger partial charge in [0.2, 0.25) is 11.7 Å². The lowest BCUT2D eigenvalue weighted by molar-refractivity contribution is -0.150. The van der Waals surface area contributed by atoms with Crippen molar-refractivity contribution in [3.8, 4) is 0 Å². The summed E-state index contributed by atoms with van der Waals surface area (Å²) in [6.45, 7) is -1.63. The average Bonchev–Trinajstić information content (AvgIpc) is 2.79. The van der Waals surface area contributed by atoms with Crippen LogP contribution in [0.5, 0.6) is 0 Å². The SMILES string of the molecule is O=C1CS/C(=N\c2cc([S+]([O-])CC(F)(F)F)ccc2F)N1CC(F)(F)F. The second kappa shape index (κ2) is 7.64. The van der Waals surface area contributed by atoms with Crippen molar-refractivity contribution >= 4 is 39.7 Å². The monoisotopic (exact) mass is 422 g/mol. The van der Waals surface area contributed by atoms with Crippen molar-refractivity contribution in [2.45, 2.75) is 17.2 Å². The molecule has 1 saturated heterocycles. The number of carbonyl (C=O) groups is 1. The Hall–Kier alpha value is -1.47. The van der Waals surface area contributed by atoms with E-state index >= 15 is 0 Å². The Kier molecular flexibility index (Phi) is 6.13. The first-order valence-electron chi connectivity index (χ1n) is 6.69. The first-order chi connectivity index (χ1) is 11.9. The third-order valence-corrected chi connectivity index (χ3v) is 5.22. The predicted molar refractivity (Wildman–Crippen MR) is 81.1 cm³/mol. The van der Waals surface area contributed by atoms with Gasteiger partial charge >= 0.3 is 12.4 Å². The van der Waals surface area contributed by atoms with E-state index in [0.717, 1.165) is 12.1 Å². The molecule has 144 valence electrons. The number of thioether (sulfide) groups is 1. The minimum atomic E-state index is -4.72. The Morgan fingerprint density at radius 3 is 2.42 bits per heavy atom. The summed E-state index contributed by atoms with van der Waals surface area (Å²) in [5, 5.41) is -0.440. The number of hydrogen-bond donors (Lipinski definition) is 0. The second-order valence-electron chi connectivity index (χ2n) is 5.00. The molecule has 0 radical (unpaired) electrons. The van der Waals surface area contributed by atoms with Crippen molar-refractivity contribution in [3.05, 3.63) is 24.0 Å². The van der Waals surface area contributed by atoms with Crippen LogP contribution in [0.15, 0.2) is 28.1 Å². The molecule has 1 aliphatic rings. The summed E-state index contributed by atoms with van der Waals surface area (Å²) in [6, 6.07) is 2.32. The fraction of sp³-hybridized carbons (Fsp3) is 0.385. The maximum Gasteiger partial charge on any atom is 0.433 e. The van der Waals surface area contributed by atoms with E-state index in [-0.39, 0.29) is 10.6 Å². The van der Waals surface area contributed by atoms with Gasteiger partial charge in [-0.3, -0.25) is 9.69 Å². The van der Waals surface area contributed by atoms with Gasteiger partial charge in [-0.15, -0.1) is 0 Å². The van der Waals surface area contributed by atoms with Crippen LogP contribution in [0.4, 0.5) is 36.4 Å². The maximum atomic E-state index is 13.8. The van der Waals surface area contributed by atoms with Crippen LogP contribution < -0.4 is 0 Å². The molecular formula is C13H9F7N2O2S2. The van der Waals surface area contributed by atoms with Gasteiger partial charge in [0.1, 0.15) is 18.0 Å². The summed E-state index contributed by atoms with van der Waals surface area (Å²) in [5.74, 6) is -3.93. The lowest BCUT2D eigenvalue weighted by Gasteiger charge is -2.18. The molecule has 1 aliphatic heterocycles. The van der Waals surface area contributed by atoms with Crippen LogP contribution in [0.3, 0.4) is 0 Å². The highest BCUT2D eigenvalue weighted by Crippen LogP contribution is 2.31. The molecule has 2 rings (SSSR count). The van der Waals surface area contributed by atoms with Crippen LogP contribution in [-0.4, -0.2) is 50.9 Å². The van der Waals surface area contributed by atoms with Crippen LogP contribution >= 0.6 is 11.8 Å². The van der Waals surface area contributed by atoms with E-state index in [4.69, 9.17) is 0 Å². The van der Waals surface area contributed by atoms with Crippen molar-refractivity contribution in [1.82, 2.24) is 4.90 Å². The molecule has 26 heavy (non-hydrogen) atoms. The van der Waals surface area contributed by atoms with Crippen LogP contribution in [0, 0.1) is 5.82 Å². The highest BCUT2D eigenvalue weighted by Gasteiger charge is 2.39. The summed E-state index contributed by atoms with van der Waals surface area (Å²) in [7, 11) is 0. The standard InChI is InChI=1S/C13H9F7N2O2S2/c14-8-2-1-7(26(24)6-13(18,19)20)3-9(8)21-11-22(5-12(15,16)17)10(23)4-25-11/h1-3H,4-6H2/b21-11-. The molecule has 1 aromatic rings. The summed E-state index contributed by atoms with van der Waals surface area (Å²) in [5.41, 5.74) is -0.609. The summed E-state index contributed by atoms with van der Waals surface area (Å²) < 4.78 is 100.0. The van der Waals surface area contributed by atoms with Crippen molar-refractivity contribution < 1.29 is 40.1 Å². The predicted octanol–water partition coefficient (Wildman–Crippen LogP) is 3.62. The fourth-order valence-corrected chi connectivity index (χ4v) is 3.69. The number of benzene rings is 1. The van der Waals surface area contributed by atoms with Gasteiger partial charge in [0.25, 0.3) is 0 Å². The van der Waals surface area contributed by atoms with E-state index in [0.29, 0.717) is 22.7 Å². The highest BCUT2D eigenvalue weighted by atomic mass is 32.2. The Morgan fingerprint density at radius 1 is 1.19 bits per heavy atom. The molecule has 0 bridgehead atoms. The van der Waals surface area contributed by atoms with E-state index in [1.807, 2.05) is 0 Å². The van der Waals surface area contributed by atoms with Gasteiger partial charge in [0, 0.05) is 6.07 Å². The number of halogens is 7. The van der Waals surface area contributed by atoms with Gasteiger partial charge in [0.05, 0.1) is 5.75 Å². The van der Waals surface area contributed by atoms with Gasteiger partial charge in [-0.25, -0.2) is 9.38 Å². The maximum absolute atomic E-state index is 13.8. The highest BCUT2D eigenvalue weighted by molar-refractivity contribution is 8.15. The van der Waals surface area contributed by atoms with E-state index in [2.05, 4.69) is 4.99 Å². The van der Waals surface area contributed by atoms with Crippen LogP contribution in [0.2, 0.25) is 0 Å². The molecule has 0 aromatic heterocycles. The second-order valence-corrected chi connectivity index (χ2v) is 7.39. The minimum absolute atomic E-state index is 0.309. The Bertz CT molecular complexity index is 721. The summed E-state index contributed by atoms with van der Waals surface area (Å²) >= 11 is -1.90. The van der Waals surface area contributed by atoms with E-state index in [9.17, 15) is 40.1 Å². The lowest BCUT2D eigenvalue weighted by Crippen LogP contribution is -2.38. The third kappa shape index (κ3) is 5.77. The molecule has 1 unspecified atom stereocenters. The molecule has 0 saturated carbocycles. The molecule has 0 N–H and O–H groups in total. The first-order valence-corrected chi connectivity index (χ1v) is 8.99. The smallest absolute Gasteiger partial charge is 0.433 e. The van der Waals surface area contributed by atoms with E-state index in [1.54, 1.807) is 0 Å². The van der Waals surface area contributed by atoms with Crippen LogP contribution in [-0.2, 0) is 16.0 Å². The number of nitrogens with zero attached hydrogens (tertiary/aromatic N) is 2. The van der Waals surface area contributed by atoms with Crippen molar-refractivity contribution in [2.24, 2.45) is 4.99 Å². The van der Waals surface area contributed by atoms with Gasteiger partial charge in [-0.1, -0.05) is 11.8 Å². The van der Waals surface area contributed by atoms with Gasteiger partial charge < -0.3 is 4.55 Å². The van der Waals surface area contributed by atoms with Gasteiger partial charge in [-0.2, -0.15) is 26.3 Å². The zero-order valence-electron chi connectivity index (χ0n) is 12.5. The van der Waals surface area contributed by atoms with Crippen molar-refractivity contribution in [1.29, 1.82) is 0 Å². The third-order valence-electron chi connectivity index (χ3n) is 2.89. The molecule has 0 spiro atoms. The Balaban J connectivity index is 2.31. The molecule has 13 heteroatoms. The van der Waals surface area contributed by atoms with E-state index < -0.39 is 58.4 Å². The molecule has 1 aromatic carbocycles. The van der Waals surface area contributed by atoms with Gasteiger partial charge in [0.15, 0.2) is 10.1 Å². The Labute approximate surface area is 149 Å². The van der Waals surface area contributed by atoms with Crippen molar-refractivity contribution in [3.63, 3.8) is 0 Å². The van der Waals surface area contributed by atoms with E-state index in [1.165, 1.54) is 0 Å². The average molecular weight is 422 g/mol. The Morgan fingerprint density at radius 2 is 1.85 bits per heavy atom. The normalized spacial score (nSPS) is 18.7. The van der Waals surface area contributed by atoms with Crippen LogP contribution in [0.1, 0.15) is 0 Å². The molecular weight excluding hydrogens is 413 g/mol. The zero-order valence-corrected chi connectivity index (χ0v) is 14.2. The fourth-order valence-electron chi connectivity index (χ4n) is 1.87. The number of amidine groups is 1. The molecule has 1 heterocycles. The molecule has 4 nitrogen and oxygen atoms in total. The largest absolute Gasteiger partial charge is 0.611 e. The zero-order chi connectivity index (χ0) is 19.7. The number of carbonyl (C=O) groups excluding carboxylic acids is 1. The number of rotatable bonds is 4. The number of aliphatic imine (C=N–C) groups is 1. The van der Waals surface area contributed by atoms with Crippen LogP contribution in [0.25, 0.3) is 0 Å². The summed E-state index contributed by atoms with van der Waals surface area (Å²) in [6.07, 6.45) is -9.43. The minimum Gasteiger partial charge on any atom is -0.611 e. The molecule has 1 fully saturated rings. The number of amides is 1.